The minimum Gasteiger partial charge on any atom is -0.480 e. The summed E-state index contributed by atoms with van der Waals surface area (Å²) < 4.78 is 13.6. The topological polar surface area (TPSA) is 288 Å². The molecule has 0 bridgehead atoms. The van der Waals surface area contributed by atoms with E-state index in [1.165, 1.54) is 4.90 Å². The number of nitrogens with one attached hydrogen (secondary N) is 4. The van der Waals surface area contributed by atoms with Gasteiger partial charge in [-0.1, -0.05) is 35.5 Å². The number of nitrogens with zero attached hydrogens (tertiary/aromatic N) is 5. The molecule has 1 fully saturated rings. The summed E-state index contributed by atoms with van der Waals surface area (Å²) >= 11 is 4.26. The Labute approximate surface area is 374 Å². The number of aliphatic imine (C=N–C) groups is 1. The molecule has 1 aliphatic rings. The molecule has 4 unspecified atom stereocenters. The molecule has 1 aromatic carbocycles. The number of aryl methyl sites for hydroxylation is 2. The van der Waals surface area contributed by atoms with Gasteiger partial charge < -0.3 is 52.2 Å². The van der Waals surface area contributed by atoms with Crippen LogP contribution in [0.3, 0.4) is 0 Å². The van der Waals surface area contributed by atoms with E-state index in [0.29, 0.717) is 51.1 Å². The summed E-state index contributed by atoms with van der Waals surface area (Å²) in [6, 6.07) is 4.40. The van der Waals surface area contributed by atoms with Gasteiger partial charge in [0.05, 0.1) is 30.0 Å². The van der Waals surface area contributed by atoms with Crippen molar-refractivity contribution >= 4 is 54.1 Å². The third-order valence-corrected chi connectivity index (χ3v) is 10.8. The highest BCUT2D eigenvalue weighted by Gasteiger charge is 2.39. The molecule has 0 spiro atoms. The SMILES string of the molecule is CCOC(C)(C)CCOC(C)(C)CCn1cc(CCC(=O)NCC(=O)NC(CS)C(=O)NC(Cc2ccccc2)C(=O)N2CCCC2C(=O)NC(CCCN=C(N)N)C(=O)O)nn1. The van der Waals surface area contributed by atoms with Gasteiger partial charge in [-0.05, 0) is 78.7 Å². The van der Waals surface area contributed by atoms with E-state index >= 15 is 0 Å². The van der Waals surface area contributed by atoms with Gasteiger partial charge in [0.15, 0.2) is 5.96 Å². The van der Waals surface area contributed by atoms with Crippen LogP contribution in [0.2, 0.25) is 0 Å². The van der Waals surface area contributed by atoms with E-state index in [0.717, 1.165) is 12.0 Å². The number of amides is 5. The first-order valence-electron chi connectivity index (χ1n) is 21.4. The summed E-state index contributed by atoms with van der Waals surface area (Å²) in [5.41, 5.74) is 11.4. The average molecular weight is 902 g/mol. The third-order valence-electron chi connectivity index (χ3n) is 10.4. The Balaban J connectivity index is 1.52. The van der Waals surface area contributed by atoms with Gasteiger partial charge in [-0.25, -0.2) is 4.79 Å². The molecule has 21 heteroatoms. The molecule has 3 rings (SSSR count). The smallest absolute Gasteiger partial charge is 0.326 e. The fourth-order valence-corrected chi connectivity index (χ4v) is 7.11. The predicted molar refractivity (Wildman–Crippen MR) is 238 cm³/mol. The van der Waals surface area contributed by atoms with Crippen molar-refractivity contribution in [2.75, 3.05) is 38.6 Å². The van der Waals surface area contributed by atoms with Crippen LogP contribution in [0.25, 0.3) is 0 Å². The summed E-state index contributed by atoms with van der Waals surface area (Å²) in [5.74, 6) is -4.45. The van der Waals surface area contributed by atoms with Gasteiger partial charge in [-0.2, -0.15) is 12.6 Å². The zero-order valence-electron chi connectivity index (χ0n) is 37.1. The van der Waals surface area contributed by atoms with E-state index in [-0.39, 0.29) is 56.1 Å². The van der Waals surface area contributed by atoms with Crippen molar-refractivity contribution in [1.29, 1.82) is 0 Å². The summed E-state index contributed by atoms with van der Waals surface area (Å²) in [5, 5.41) is 28.5. The molecular weight excluding hydrogens is 835 g/mol. The third kappa shape index (κ3) is 18.9. The minimum absolute atomic E-state index is 0.0435. The van der Waals surface area contributed by atoms with Crippen LogP contribution in [-0.2, 0) is 57.6 Å². The van der Waals surface area contributed by atoms with Gasteiger partial charge in [0.1, 0.15) is 24.2 Å². The Bertz CT molecular complexity index is 1840. The first-order valence-corrected chi connectivity index (χ1v) is 22.0. The summed E-state index contributed by atoms with van der Waals surface area (Å²) in [6.07, 6.45) is 4.74. The minimum atomic E-state index is -1.25. The highest BCUT2D eigenvalue weighted by Crippen LogP contribution is 2.22. The molecule has 20 nitrogen and oxygen atoms in total. The van der Waals surface area contributed by atoms with Gasteiger partial charge >= 0.3 is 5.97 Å². The average Bonchev–Trinajstić information content (AvgIpc) is 3.91. The highest BCUT2D eigenvalue weighted by atomic mass is 32.1. The van der Waals surface area contributed by atoms with E-state index in [1.807, 2.05) is 34.6 Å². The number of guanidine groups is 1. The van der Waals surface area contributed by atoms with Crippen LogP contribution in [0.15, 0.2) is 41.5 Å². The molecule has 4 atom stereocenters. The van der Waals surface area contributed by atoms with E-state index < -0.39 is 71.8 Å². The van der Waals surface area contributed by atoms with Crippen LogP contribution >= 0.6 is 12.6 Å². The number of hydrogen-bond acceptors (Lipinski definition) is 12. The molecule has 0 radical (unpaired) electrons. The molecule has 350 valence electrons. The molecule has 0 aliphatic carbocycles. The normalized spacial score (nSPS) is 15.5. The first-order chi connectivity index (χ1) is 29.8. The maximum Gasteiger partial charge on any atom is 0.326 e. The van der Waals surface area contributed by atoms with Crippen LogP contribution < -0.4 is 32.7 Å². The van der Waals surface area contributed by atoms with Gasteiger partial charge in [0, 0.05) is 57.5 Å². The van der Waals surface area contributed by atoms with E-state index in [4.69, 9.17) is 20.9 Å². The largest absolute Gasteiger partial charge is 0.480 e. The zero-order chi connectivity index (χ0) is 46.6. The number of carboxylic acid groups (broad SMARTS) is 1. The number of carbonyl (C=O) groups excluding carboxylic acids is 5. The number of carbonyl (C=O) groups is 6. The molecule has 2 aromatic rings. The molecule has 2 heterocycles. The number of hydrogen-bond donors (Lipinski definition) is 8. The number of rotatable bonds is 28. The van der Waals surface area contributed by atoms with Gasteiger partial charge in [-0.3, -0.25) is 33.6 Å². The second-order valence-corrected chi connectivity index (χ2v) is 17.0. The number of carboxylic acids is 1. The quantitative estimate of drug-likeness (QED) is 0.0250. The van der Waals surface area contributed by atoms with Crippen LogP contribution in [0.5, 0.6) is 0 Å². The van der Waals surface area contributed by atoms with Crippen molar-refractivity contribution in [3.05, 3.63) is 47.8 Å². The number of thiol groups is 1. The highest BCUT2D eigenvalue weighted by molar-refractivity contribution is 7.80. The van der Waals surface area contributed by atoms with Gasteiger partial charge in [-0.15, -0.1) is 5.10 Å². The number of likely N-dealkylation sites (tertiary alicyclic amines) is 1. The summed E-state index contributed by atoms with van der Waals surface area (Å²) in [6.45, 7) is 11.8. The number of aliphatic carboxylic acids is 1. The van der Waals surface area contributed by atoms with Crippen LogP contribution in [-0.4, -0.2) is 140 Å². The Kier molecular flexibility index (Phi) is 21.3. The fraction of sp³-hybridized carbons (Fsp3) is 0.643. The molecule has 5 amide bonds. The summed E-state index contributed by atoms with van der Waals surface area (Å²) in [7, 11) is 0. The Hall–Kier alpha value is -5.28. The van der Waals surface area contributed by atoms with E-state index in [2.05, 4.69) is 49.2 Å². The van der Waals surface area contributed by atoms with Crippen molar-refractivity contribution < 1.29 is 43.3 Å². The first kappa shape index (κ1) is 52.1. The zero-order valence-corrected chi connectivity index (χ0v) is 38.0. The second-order valence-electron chi connectivity index (χ2n) is 16.6. The van der Waals surface area contributed by atoms with Crippen molar-refractivity contribution in [1.82, 2.24) is 41.2 Å². The summed E-state index contributed by atoms with van der Waals surface area (Å²) in [4.78, 5) is 83.9. The number of nitrogens with two attached hydrogens (primary N) is 2. The monoisotopic (exact) mass is 901 g/mol. The molecule has 1 aromatic heterocycles. The molecule has 1 saturated heterocycles. The molecule has 1 aliphatic heterocycles. The maximum atomic E-state index is 14.1. The van der Waals surface area contributed by atoms with Crippen molar-refractivity contribution in [3.63, 3.8) is 0 Å². The van der Waals surface area contributed by atoms with Crippen molar-refractivity contribution in [2.24, 2.45) is 16.5 Å². The standard InChI is InChI=1S/C42H67N11O9S/c1-6-61-42(4,5)19-23-62-41(2,3)18-22-52-26-29(50-51-52)16-17-34(54)46-25-35(55)47-32(27-63)36(56)49-31(24-28-12-8-7-9-13-28)38(58)53-21-11-15-33(53)37(57)48-30(39(59)60)14-10-20-45-40(43)44/h7-9,12-13,26,30-33,63H,6,10-11,14-25,27H2,1-5H3,(H,46,54)(H,47,55)(H,48,57)(H,49,56)(H,59,60)(H4,43,44,45). The fourth-order valence-electron chi connectivity index (χ4n) is 6.86. The second kappa shape index (κ2) is 25.7. The van der Waals surface area contributed by atoms with Gasteiger partial charge in [0.25, 0.3) is 0 Å². The van der Waals surface area contributed by atoms with Crippen LogP contribution in [0.4, 0.5) is 0 Å². The maximum absolute atomic E-state index is 14.1. The molecule has 0 saturated carbocycles. The molecule has 63 heavy (non-hydrogen) atoms. The van der Waals surface area contributed by atoms with Crippen molar-refractivity contribution in [3.8, 4) is 0 Å². The lowest BCUT2D eigenvalue weighted by Crippen LogP contribution is -2.58. The lowest BCUT2D eigenvalue weighted by molar-refractivity contribution is -0.145. The Morgan fingerprint density at radius 2 is 1.68 bits per heavy atom. The van der Waals surface area contributed by atoms with E-state index in [1.54, 1.807) is 41.2 Å². The van der Waals surface area contributed by atoms with E-state index in [9.17, 15) is 33.9 Å². The van der Waals surface area contributed by atoms with Gasteiger partial charge in [0.2, 0.25) is 29.5 Å². The van der Waals surface area contributed by atoms with Crippen LogP contribution in [0, 0.1) is 0 Å². The lowest BCUT2D eigenvalue weighted by atomic mass is 10.0. The lowest BCUT2D eigenvalue weighted by Gasteiger charge is -2.30. The van der Waals surface area contributed by atoms with Crippen LogP contribution in [0.1, 0.15) is 90.8 Å². The molecular formula is C42H67N11O9S. The Morgan fingerprint density at radius 1 is 0.968 bits per heavy atom. The van der Waals surface area contributed by atoms with Crippen molar-refractivity contribution in [2.45, 2.75) is 134 Å². The predicted octanol–water partition coefficient (Wildman–Crippen LogP) is 0.474. The number of ether oxygens (including phenoxy) is 2. The molecule has 9 N–H and O–H groups in total. The Morgan fingerprint density at radius 3 is 2.35 bits per heavy atom. The number of benzene rings is 1. The number of aromatic nitrogens is 3.